The van der Waals surface area contributed by atoms with Crippen molar-refractivity contribution in [3.05, 3.63) is 85.1 Å². The Morgan fingerprint density at radius 3 is 0.913 bits per heavy atom. The fraction of sp³-hybridized carbons (Fsp3) is 0.730. The van der Waals surface area contributed by atoms with Gasteiger partial charge in [-0.1, -0.05) is 254 Å². The number of ether oxygens (including phenoxy) is 3. The van der Waals surface area contributed by atoms with Crippen molar-refractivity contribution in [3.8, 4) is 0 Å². The van der Waals surface area contributed by atoms with Gasteiger partial charge in [-0.2, -0.15) is 0 Å². The van der Waals surface area contributed by atoms with E-state index in [1.807, 2.05) is 0 Å². The summed E-state index contributed by atoms with van der Waals surface area (Å²) in [5.74, 6) is -0.968. The number of carbonyl (C=O) groups excluding carboxylic acids is 3. The Morgan fingerprint density at radius 2 is 0.565 bits per heavy atom. The summed E-state index contributed by atoms with van der Waals surface area (Å²) in [7, 11) is 0. The Hall–Kier alpha value is -3.41. The number of hydrogen-bond donors (Lipinski definition) is 0. The molecule has 69 heavy (non-hydrogen) atoms. The van der Waals surface area contributed by atoms with Gasteiger partial charge in [-0.25, -0.2) is 0 Å². The molecule has 0 heterocycles. The summed E-state index contributed by atoms with van der Waals surface area (Å²) >= 11 is 0. The van der Waals surface area contributed by atoms with Gasteiger partial charge in [-0.15, -0.1) is 0 Å². The molecule has 0 aromatic heterocycles. The maximum Gasteiger partial charge on any atom is 0.306 e. The smallest absolute Gasteiger partial charge is 0.306 e. The molecule has 0 aromatic carbocycles. The van der Waals surface area contributed by atoms with Gasteiger partial charge in [0.05, 0.1) is 0 Å². The Bertz CT molecular complexity index is 1330. The normalized spacial score (nSPS) is 12.7. The molecule has 0 amide bonds. The lowest BCUT2D eigenvalue weighted by Crippen LogP contribution is -2.30. The number of allylic oxidation sites excluding steroid dienone is 14. The zero-order valence-corrected chi connectivity index (χ0v) is 45.3. The van der Waals surface area contributed by atoms with E-state index in [1.54, 1.807) is 0 Å². The molecule has 396 valence electrons. The average Bonchev–Trinajstić information content (AvgIpc) is 3.35. The molecule has 6 nitrogen and oxygen atoms in total. The van der Waals surface area contributed by atoms with Gasteiger partial charge in [0.1, 0.15) is 13.2 Å². The summed E-state index contributed by atoms with van der Waals surface area (Å²) in [4.78, 5) is 38.1. The van der Waals surface area contributed by atoms with Gasteiger partial charge in [-0.3, -0.25) is 14.4 Å². The summed E-state index contributed by atoms with van der Waals surface area (Å²) in [6.07, 6.45) is 74.5. The van der Waals surface area contributed by atoms with Crippen molar-refractivity contribution >= 4 is 17.9 Å². The minimum absolute atomic E-state index is 0.101. The van der Waals surface area contributed by atoms with E-state index in [0.717, 1.165) is 103 Å². The molecule has 0 aliphatic rings. The van der Waals surface area contributed by atoms with E-state index >= 15 is 0 Å². The Labute approximate surface area is 426 Å². The van der Waals surface area contributed by atoms with Crippen LogP contribution in [0.2, 0.25) is 0 Å². The second kappa shape index (κ2) is 57.2. The fourth-order valence-corrected chi connectivity index (χ4v) is 8.10. The highest BCUT2D eigenvalue weighted by Gasteiger charge is 2.19. The molecule has 0 saturated carbocycles. The number of unbranched alkanes of at least 4 members (excludes halogenated alkanes) is 27. The van der Waals surface area contributed by atoms with Crippen molar-refractivity contribution in [2.45, 2.75) is 284 Å². The largest absolute Gasteiger partial charge is 0.462 e. The van der Waals surface area contributed by atoms with Crippen LogP contribution >= 0.6 is 0 Å². The molecule has 1 unspecified atom stereocenters. The molecule has 0 N–H and O–H groups in total. The minimum Gasteiger partial charge on any atom is -0.462 e. The minimum atomic E-state index is -0.809. The standard InChI is InChI=1S/C63H108O6/c1-4-7-10-13-16-19-22-25-27-28-29-30-31-32-33-34-36-38-41-44-47-50-53-56-62(65)68-59-60(58-67-61(64)55-52-49-46-43-40-37-24-21-18-15-12-9-6-3)69-63(66)57-54-51-48-45-42-39-35-26-23-20-17-14-11-8-5-2/h8-9,11-12,17-18,20-21,26,35,37,40,42,45,60H,4-7,10,13-16,19,22-25,27-34,36,38-39,41,43-44,46-59H2,1-3H3/b11-8-,12-9-,20-17-,21-18-,35-26-,40-37-,45-42-. The Kier molecular flexibility index (Phi) is 54.3. The van der Waals surface area contributed by atoms with Gasteiger partial charge < -0.3 is 14.2 Å². The molecule has 0 radical (unpaired) electrons. The van der Waals surface area contributed by atoms with Crippen LogP contribution in [0, 0.1) is 0 Å². The molecular formula is C63H108O6. The highest BCUT2D eigenvalue weighted by atomic mass is 16.6. The van der Waals surface area contributed by atoms with Crippen LogP contribution in [0.15, 0.2) is 85.1 Å². The lowest BCUT2D eigenvalue weighted by molar-refractivity contribution is -0.167. The number of rotatable bonds is 52. The van der Waals surface area contributed by atoms with Gasteiger partial charge in [0.15, 0.2) is 6.10 Å². The Morgan fingerprint density at radius 1 is 0.304 bits per heavy atom. The van der Waals surface area contributed by atoms with Crippen LogP contribution in [0.3, 0.4) is 0 Å². The van der Waals surface area contributed by atoms with Gasteiger partial charge in [0, 0.05) is 19.3 Å². The molecule has 0 aromatic rings. The van der Waals surface area contributed by atoms with E-state index in [0.29, 0.717) is 19.3 Å². The zero-order valence-electron chi connectivity index (χ0n) is 45.3. The highest BCUT2D eigenvalue weighted by Crippen LogP contribution is 2.16. The van der Waals surface area contributed by atoms with E-state index in [-0.39, 0.29) is 37.5 Å². The van der Waals surface area contributed by atoms with Crippen molar-refractivity contribution in [1.29, 1.82) is 0 Å². The summed E-state index contributed by atoms with van der Waals surface area (Å²) in [5.41, 5.74) is 0. The number of hydrogen-bond acceptors (Lipinski definition) is 6. The van der Waals surface area contributed by atoms with Crippen LogP contribution in [-0.2, 0) is 28.6 Å². The maximum absolute atomic E-state index is 12.8. The second-order valence-electron chi connectivity index (χ2n) is 19.1. The molecule has 0 rings (SSSR count). The summed E-state index contributed by atoms with van der Waals surface area (Å²) in [5, 5.41) is 0. The van der Waals surface area contributed by atoms with Crippen LogP contribution in [0.1, 0.15) is 278 Å². The topological polar surface area (TPSA) is 78.9 Å². The molecule has 0 spiro atoms. The molecular weight excluding hydrogens is 853 g/mol. The lowest BCUT2D eigenvalue weighted by atomic mass is 10.0. The molecule has 1 atom stereocenters. The Balaban J connectivity index is 4.34. The van der Waals surface area contributed by atoms with Crippen molar-refractivity contribution in [2.75, 3.05) is 13.2 Å². The van der Waals surface area contributed by atoms with E-state index in [4.69, 9.17) is 14.2 Å². The highest BCUT2D eigenvalue weighted by molar-refractivity contribution is 5.71. The number of carbonyl (C=O) groups is 3. The molecule has 0 saturated heterocycles. The molecule has 0 bridgehead atoms. The van der Waals surface area contributed by atoms with Crippen LogP contribution in [0.5, 0.6) is 0 Å². The molecule has 0 fully saturated rings. The zero-order chi connectivity index (χ0) is 50.0. The van der Waals surface area contributed by atoms with Gasteiger partial charge in [0.25, 0.3) is 0 Å². The van der Waals surface area contributed by atoms with Crippen LogP contribution < -0.4 is 0 Å². The average molecular weight is 962 g/mol. The third kappa shape index (κ3) is 55.4. The molecule has 0 aliphatic heterocycles. The predicted octanol–water partition coefficient (Wildman–Crippen LogP) is 19.5. The number of esters is 3. The van der Waals surface area contributed by atoms with E-state index in [2.05, 4.69) is 106 Å². The van der Waals surface area contributed by atoms with E-state index < -0.39 is 6.10 Å². The first kappa shape index (κ1) is 65.6. The van der Waals surface area contributed by atoms with Crippen LogP contribution in [-0.4, -0.2) is 37.2 Å². The van der Waals surface area contributed by atoms with Crippen molar-refractivity contribution in [2.24, 2.45) is 0 Å². The summed E-state index contributed by atoms with van der Waals surface area (Å²) in [6.45, 7) is 6.37. The molecule has 6 heteroatoms. The third-order valence-corrected chi connectivity index (χ3v) is 12.4. The third-order valence-electron chi connectivity index (χ3n) is 12.4. The first-order valence-corrected chi connectivity index (χ1v) is 29.1. The fourth-order valence-electron chi connectivity index (χ4n) is 8.10. The first-order chi connectivity index (χ1) is 34.0. The van der Waals surface area contributed by atoms with Crippen LogP contribution in [0.4, 0.5) is 0 Å². The first-order valence-electron chi connectivity index (χ1n) is 29.1. The van der Waals surface area contributed by atoms with E-state index in [9.17, 15) is 14.4 Å². The van der Waals surface area contributed by atoms with Crippen molar-refractivity contribution in [3.63, 3.8) is 0 Å². The van der Waals surface area contributed by atoms with Crippen molar-refractivity contribution < 1.29 is 28.6 Å². The van der Waals surface area contributed by atoms with Gasteiger partial charge in [0.2, 0.25) is 0 Å². The second-order valence-corrected chi connectivity index (χ2v) is 19.1. The summed E-state index contributed by atoms with van der Waals surface area (Å²) in [6, 6.07) is 0. The van der Waals surface area contributed by atoms with Gasteiger partial charge >= 0.3 is 17.9 Å². The van der Waals surface area contributed by atoms with Gasteiger partial charge in [-0.05, 0) is 89.9 Å². The maximum atomic E-state index is 12.8. The van der Waals surface area contributed by atoms with E-state index in [1.165, 1.54) is 128 Å². The van der Waals surface area contributed by atoms with Crippen LogP contribution in [0.25, 0.3) is 0 Å². The summed E-state index contributed by atoms with van der Waals surface area (Å²) < 4.78 is 16.8. The van der Waals surface area contributed by atoms with Crippen molar-refractivity contribution in [1.82, 2.24) is 0 Å². The monoisotopic (exact) mass is 961 g/mol. The molecule has 0 aliphatic carbocycles. The lowest BCUT2D eigenvalue weighted by Gasteiger charge is -2.18. The SMILES string of the molecule is CC/C=C\C/C=C\C/C=C\C/C=C\CCCCC(=O)OC(COC(=O)CCCCC/C=C\C/C=C\C/C=C\CC)COC(=O)CCCCCCCCCCCCCCCCCCCCCCCCC. The predicted molar refractivity (Wildman–Crippen MR) is 297 cm³/mol. The quantitative estimate of drug-likeness (QED) is 0.0262.